The van der Waals surface area contributed by atoms with E-state index in [9.17, 15) is 19.2 Å². The van der Waals surface area contributed by atoms with Crippen molar-refractivity contribution >= 4 is 28.9 Å². The zero-order valence-corrected chi connectivity index (χ0v) is 19.3. The molecule has 178 valence electrons. The summed E-state index contributed by atoms with van der Waals surface area (Å²) < 4.78 is 23.6. The van der Waals surface area contributed by atoms with E-state index in [1.54, 1.807) is 46.0 Å². The van der Waals surface area contributed by atoms with Crippen LogP contribution in [0.4, 0.5) is 9.18 Å². The normalized spacial score (nSPS) is 24.2. The Hall–Kier alpha value is -3.17. The minimum absolute atomic E-state index is 0.126. The van der Waals surface area contributed by atoms with Crippen LogP contribution in [0.15, 0.2) is 23.0 Å². The molecule has 3 unspecified atom stereocenters. The number of imidazole rings is 1. The van der Waals surface area contributed by atoms with Crippen molar-refractivity contribution in [1.29, 1.82) is 0 Å². The van der Waals surface area contributed by atoms with Gasteiger partial charge >= 0.3 is 11.8 Å². The second kappa shape index (κ2) is 8.31. The Bertz CT molecular complexity index is 1180. The highest BCUT2D eigenvalue weighted by molar-refractivity contribution is 6.00. The highest BCUT2D eigenvalue weighted by Gasteiger charge is 2.40. The molecule has 2 saturated heterocycles. The Labute approximate surface area is 190 Å². The van der Waals surface area contributed by atoms with Gasteiger partial charge in [0.05, 0.1) is 17.1 Å². The second-order valence-electron chi connectivity index (χ2n) is 9.67. The molecule has 9 nitrogen and oxygen atoms in total. The Balaban J connectivity index is 1.84. The number of nitrogens with one attached hydrogen (secondary N) is 1. The predicted molar refractivity (Wildman–Crippen MR) is 118 cm³/mol. The molecule has 0 saturated carbocycles. The van der Waals surface area contributed by atoms with E-state index in [1.165, 1.54) is 14.0 Å². The molecule has 0 spiro atoms. The van der Waals surface area contributed by atoms with E-state index in [0.29, 0.717) is 29.6 Å². The van der Waals surface area contributed by atoms with Crippen molar-refractivity contribution in [1.82, 2.24) is 19.4 Å². The molecule has 0 aliphatic carbocycles. The number of alkyl halides is 1. The van der Waals surface area contributed by atoms with Crippen molar-refractivity contribution in [3.63, 3.8) is 0 Å². The molecule has 3 amide bonds. The summed E-state index contributed by atoms with van der Waals surface area (Å²) in [4.78, 5) is 51.6. The van der Waals surface area contributed by atoms with E-state index in [0.717, 1.165) is 0 Å². The highest BCUT2D eigenvalue weighted by Crippen LogP contribution is 2.38. The largest absolute Gasteiger partial charge is 0.444 e. The van der Waals surface area contributed by atoms with Crippen LogP contribution in [0.2, 0.25) is 0 Å². The molecule has 2 aromatic rings. The highest BCUT2D eigenvalue weighted by atomic mass is 19.1. The number of para-hydroxylation sites is 1. The van der Waals surface area contributed by atoms with E-state index in [2.05, 4.69) is 5.32 Å². The summed E-state index contributed by atoms with van der Waals surface area (Å²) >= 11 is 0. The lowest BCUT2D eigenvalue weighted by molar-refractivity contribution is -0.135. The summed E-state index contributed by atoms with van der Waals surface area (Å²) in [6, 6.07) is 3.31. The maximum atomic E-state index is 15.4. The number of halogens is 1. The van der Waals surface area contributed by atoms with Gasteiger partial charge in [-0.2, -0.15) is 0 Å². The van der Waals surface area contributed by atoms with Crippen LogP contribution in [0.5, 0.6) is 0 Å². The predicted octanol–water partition coefficient (Wildman–Crippen LogP) is 2.73. The topological polar surface area (TPSA) is 103 Å². The lowest BCUT2D eigenvalue weighted by Crippen LogP contribution is -2.46. The van der Waals surface area contributed by atoms with Gasteiger partial charge in [-0.25, -0.2) is 14.0 Å². The van der Waals surface area contributed by atoms with Crippen LogP contribution in [0, 0.1) is 0 Å². The van der Waals surface area contributed by atoms with E-state index in [1.807, 2.05) is 0 Å². The molecule has 3 heterocycles. The van der Waals surface area contributed by atoms with E-state index >= 15 is 4.39 Å². The Kier molecular flexibility index (Phi) is 5.79. The zero-order valence-electron chi connectivity index (χ0n) is 19.3. The van der Waals surface area contributed by atoms with Crippen LogP contribution in [-0.4, -0.2) is 50.3 Å². The number of imide groups is 1. The number of aryl methyl sites for hydroxylation is 1. The van der Waals surface area contributed by atoms with Gasteiger partial charge in [-0.3, -0.25) is 28.9 Å². The third-order valence-electron chi connectivity index (χ3n) is 6.16. The van der Waals surface area contributed by atoms with Crippen LogP contribution in [-0.2, 0) is 21.4 Å². The average molecular weight is 461 g/mol. The second-order valence-corrected chi connectivity index (χ2v) is 9.67. The molecule has 1 N–H and O–H groups in total. The number of rotatable bonds is 2. The number of aromatic nitrogens is 2. The fraction of sp³-hybridized carbons (Fsp3) is 0.565. The van der Waals surface area contributed by atoms with Gasteiger partial charge in [0.15, 0.2) is 0 Å². The van der Waals surface area contributed by atoms with Crippen molar-refractivity contribution in [2.75, 3.05) is 6.54 Å². The number of ether oxygens (including phenoxy) is 1. The summed E-state index contributed by atoms with van der Waals surface area (Å²) in [6.45, 7) is 5.59. The summed E-state index contributed by atoms with van der Waals surface area (Å²) in [5.41, 5.74) is 0.212. The van der Waals surface area contributed by atoms with Crippen molar-refractivity contribution in [3.8, 4) is 0 Å². The van der Waals surface area contributed by atoms with E-state index < -0.39 is 41.5 Å². The summed E-state index contributed by atoms with van der Waals surface area (Å²) in [5.74, 6) is -0.914. The van der Waals surface area contributed by atoms with Crippen LogP contribution in [0.3, 0.4) is 0 Å². The minimum atomic E-state index is -1.34. The molecule has 1 aromatic heterocycles. The SMILES string of the molecule is Cn1c(=O)n(C2CCC(=O)NC2=O)c2cccc(C3C(F)CCCN3C(=O)OC(C)(C)C)c21. The van der Waals surface area contributed by atoms with Crippen LogP contribution < -0.4 is 11.0 Å². The number of nitrogens with zero attached hydrogens (tertiary/aromatic N) is 3. The molecule has 10 heteroatoms. The average Bonchev–Trinajstić information content (AvgIpc) is 2.97. The van der Waals surface area contributed by atoms with Crippen molar-refractivity contribution in [2.45, 2.75) is 70.3 Å². The monoisotopic (exact) mass is 460 g/mol. The maximum absolute atomic E-state index is 15.4. The van der Waals surface area contributed by atoms with Crippen LogP contribution >= 0.6 is 0 Å². The summed E-state index contributed by atoms with van der Waals surface area (Å²) in [5, 5.41) is 2.28. The number of carbonyl (C=O) groups is 3. The molecule has 0 bridgehead atoms. The quantitative estimate of drug-likeness (QED) is 0.695. The standard InChI is InChI=1S/C23H29FN4O5/c1-23(2,3)33-22(32)27-12-6-8-14(24)18(27)13-7-5-9-15-19(13)26(4)21(31)28(15)16-10-11-17(29)25-20(16)30/h5,7,9,14,16,18H,6,8,10-12H2,1-4H3,(H,25,29,30). The molecule has 33 heavy (non-hydrogen) atoms. The number of hydrogen-bond acceptors (Lipinski definition) is 5. The Morgan fingerprint density at radius 3 is 2.58 bits per heavy atom. The van der Waals surface area contributed by atoms with Crippen LogP contribution in [0.1, 0.15) is 64.1 Å². The Morgan fingerprint density at radius 2 is 1.91 bits per heavy atom. The number of piperidine rings is 2. The first-order chi connectivity index (χ1) is 15.5. The first kappa shape index (κ1) is 23.0. The summed E-state index contributed by atoms with van der Waals surface area (Å²) in [6.07, 6.45) is -0.841. The first-order valence-electron chi connectivity index (χ1n) is 11.2. The maximum Gasteiger partial charge on any atom is 0.410 e. The van der Waals surface area contributed by atoms with Gasteiger partial charge in [-0.15, -0.1) is 0 Å². The zero-order chi connectivity index (χ0) is 24.1. The third-order valence-corrected chi connectivity index (χ3v) is 6.16. The summed E-state index contributed by atoms with van der Waals surface area (Å²) in [7, 11) is 1.56. The fourth-order valence-electron chi connectivity index (χ4n) is 4.77. The van der Waals surface area contributed by atoms with Gasteiger partial charge in [0, 0.05) is 25.6 Å². The number of hydrogen-bond donors (Lipinski definition) is 1. The number of carbonyl (C=O) groups excluding carboxylic acids is 3. The van der Waals surface area contributed by atoms with Gasteiger partial charge in [-0.1, -0.05) is 12.1 Å². The molecule has 1 aromatic carbocycles. The van der Waals surface area contributed by atoms with Gasteiger partial charge in [0.2, 0.25) is 11.8 Å². The lowest BCUT2D eigenvalue weighted by Gasteiger charge is -2.39. The molecule has 0 radical (unpaired) electrons. The molecule has 4 rings (SSSR count). The van der Waals surface area contributed by atoms with Gasteiger partial charge in [0.1, 0.15) is 17.8 Å². The number of fused-ring (bicyclic) bond motifs is 1. The van der Waals surface area contributed by atoms with E-state index in [-0.39, 0.29) is 25.2 Å². The number of amides is 3. The van der Waals surface area contributed by atoms with Gasteiger partial charge < -0.3 is 4.74 Å². The molecule has 2 fully saturated rings. The van der Waals surface area contributed by atoms with Gasteiger partial charge in [0.25, 0.3) is 0 Å². The van der Waals surface area contributed by atoms with Crippen molar-refractivity contribution < 1.29 is 23.5 Å². The van der Waals surface area contributed by atoms with Gasteiger partial charge in [-0.05, 0) is 46.1 Å². The third kappa shape index (κ3) is 4.14. The smallest absolute Gasteiger partial charge is 0.410 e. The molecule has 3 atom stereocenters. The minimum Gasteiger partial charge on any atom is -0.444 e. The number of benzene rings is 1. The molecule has 2 aliphatic heterocycles. The number of likely N-dealkylation sites (tertiary alicyclic amines) is 1. The first-order valence-corrected chi connectivity index (χ1v) is 11.2. The lowest BCUT2D eigenvalue weighted by atomic mass is 9.92. The van der Waals surface area contributed by atoms with Crippen LogP contribution in [0.25, 0.3) is 11.0 Å². The fourth-order valence-corrected chi connectivity index (χ4v) is 4.77. The van der Waals surface area contributed by atoms with E-state index in [4.69, 9.17) is 4.74 Å². The molecule has 2 aliphatic rings. The molecular weight excluding hydrogens is 431 g/mol. The Morgan fingerprint density at radius 1 is 1.18 bits per heavy atom. The van der Waals surface area contributed by atoms with Crippen molar-refractivity contribution in [3.05, 3.63) is 34.2 Å². The van der Waals surface area contributed by atoms with Crippen molar-refractivity contribution in [2.24, 2.45) is 7.05 Å². The molecular formula is C23H29FN4O5.